The van der Waals surface area contributed by atoms with Crippen LogP contribution >= 0.6 is 11.3 Å². The molecule has 3 atom stereocenters. The molecule has 1 aliphatic heterocycles. The Kier molecular flexibility index (Phi) is 4.85. The molecule has 0 aromatic carbocycles. The third-order valence-electron chi connectivity index (χ3n) is 4.32. The maximum Gasteiger partial charge on any atom is 0.186 e. The third kappa shape index (κ3) is 3.11. The molecule has 2 rings (SSSR count). The number of rotatable bonds is 4. The van der Waals surface area contributed by atoms with E-state index < -0.39 is 0 Å². The van der Waals surface area contributed by atoms with E-state index in [2.05, 4.69) is 32.6 Å². The molecule has 0 aliphatic carbocycles. The average Bonchev–Trinajstić information content (AvgIpc) is 2.81. The maximum atomic E-state index is 9.53. The summed E-state index contributed by atoms with van der Waals surface area (Å²) in [6.45, 7) is 10.2. The molecule has 3 unspecified atom stereocenters. The molecule has 1 saturated heterocycles. The first-order valence-corrected chi connectivity index (χ1v) is 8.25. The molecular formula is C15H26N2OS. The summed E-state index contributed by atoms with van der Waals surface area (Å²) in [7, 11) is 0. The fourth-order valence-electron chi connectivity index (χ4n) is 2.86. The van der Waals surface area contributed by atoms with Gasteiger partial charge in [-0.1, -0.05) is 32.1 Å². The number of aliphatic hydroxyl groups excluding tert-OH is 1. The highest BCUT2D eigenvalue weighted by atomic mass is 32.1. The number of hydrogen-bond acceptors (Lipinski definition) is 4. The van der Waals surface area contributed by atoms with Gasteiger partial charge in [-0.2, -0.15) is 0 Å². The van der Waals surface area contributed by atoms with E-state index in [4.69, 9.17) is 4.98 Å². The lowest BCUT2D eigenvalue weighted by atomic mass is 9.94. The fraction of sp³-hybridized carbons (Fsp3) is 0.800. The topological polar surface area (TPSA) is 36.4 Å². The molecule has 1 aliphatic rings. The van der Waals surface area contributed by atoms with Gasteiger partial charge in [-0.05, 0) is 38.0 Å². The summed E-state index contributed by atoms with van der Waals surface area (Å²) in [5.41, 5.74) is 1.11. The smallest absolute Gasteiger partial charge is 0.186 e. The molecule has 0 spiro atoms. The zero-order valence-corrected chi connectivity index (χ0v) is 13.3. The molecule has 0 amide bonds. The second-order valence-electron chi connectivity index (χ2n) is 5.94. The van der Waals surface area contributed by atoms with Crippen LogP contribution in [0.25, 0.3) is 0 Å². The van der Waals surface area contributed by atoms with Gasteiger partial charge in [0.05, 0.1) is 17.2 Å². The Morgan fingerprint density at radius 3 is 2.79 bits per heavy atom. The van der Waals surface area contributed by atoms with Crippen LogP contribution in [0.4, 0.5) is 5.13 Å². The van der Waals surface area contributed by atoms with Crippen molar-refractivity contribution in [1.82, 2.24) is 4.98 Å². The number of anilines is 1. The Morgan fingerprint density at radius 1 is 1.47 bits per heavy atom. The first-order chi connectivity index (χ1) is 9.06. The largest absolute Gasteiger partial charge is 0.391 e. The Hall–Kier alpha value is -0.610. The normalized spacial score (nSPS) is 25.6. The van der Waals surface area contributed by atoms with Crippen molar-refractivity contribution in [1.29, 1.82) is 0 Å². The van der Waals surface area contributed by atoms with Crippen molar-refractivity contribution < 1.29 is 5.11 Å². The number of nitrogens with zero attached hydrogens (tertiary/aromatic N) is 2. The summed E-state index contributed by atoms with van der Waals surface area (Å²) in [4.78, 5) is 8.31. The summed E-state index contributed by atoms with van der Waals surface area (Å²) in [5.74, 6) is 1.25. The predicted octanol–water partition coefficient (Wildman–Crippen LogP) is 3.77. The van der Waals surface area contributed by atoms with E-state index in [1.54, 1.807) is 11.3 Å². The number of thiazole rings is 1. The van der Waals surface area contributed by atoms with Crippen molar-refractivity contribution in [3.05, 3.63) is 10.6 Å². The van der Waals surface area contributed by atoms with Crippen LogP contribution in [0.2, 0.25) is 0 Å². The maximum absolute atomic E-state index is 9.53. The number of piperidine rings is 1. The SMILES string of the molecule is CCC(C)c1nc(N2CCC(C)CC2C)sc1CO. The zero-order chi connectivity index (χ0) is 14.0. The van der Waals surface area contributed by atoms with E-state index in [0.29, 0.717) is 12.0 Å². The van der Waals surface area contributed by atoms with Crippen molar-refractivity contribution >= 4 is 16.5 Å². The van der Waals surface area contributed by atoms with E-state index in [0.717, 1.165) is 34.6 Å². The van der Waals surface area contributed by atoms with Crippen molar-refractivity contribution in [3.63, 3.8) is 0 Å². The quantitative estimate of drug-likeness (QED) is 0.913. The summed E-state index contributed by atoms with van der Waals surface area (Å²) in [5, 5.41) is 10.6. The van der Waals surface area contributed by atoms with Gasteiger partial charge in [-0.15, -0.1) is 0 Å². The molecular weight excluding hydrogens is 256 g/mol. The van der Waals surface area contributed by atoms with Gasteiger partial charge in [-0.3, -0.25) is 0 Å². The lowest BCUT2D eigenvalue weighted by molar-refractivity contribution is 0.283. The Morgan fingerprint density at radius 2 is 2.21 bits per heavy atom. The Bertz CT molecular complexity index is 418. The van der Waals surface area contributed by atoms with Crippen LogP contribution in [-0.2, 0) is 6.61 Å². The van der Waals surface area contributed by atoms with E-state index in [1.807, 2.05) is 0 Å². The highest BCUT2D eigenvalue weighted by molar-refractivity contribution is 7.15. The minimum absolute atomic E-state index is 0.121. The van der Waals surface area contributed by atoms with Gasteiger partial charge in [-0.25, -0.2) is 4.98 Å². The van der Waals surface area contributed by atoms with Crippen molar-refractivity contribution in [2.24, 2.45) is 5.92 Å². The highest BCUT2D eigenvalue weighted by Crippen LogP contribution is 2.35. The Labute approximate surface area is 120 Å². The highest BCUT2D eigenvalue weighted by Gasteiger charge is 2.26. The molecule has 108 valence electrons. The average molecular weight is 282 g/mol. The van der Waals surface area contributed by atoms with Crippen LogP contribution < -0.4 is 4.90 Å². The number of aliphatic hydroxyl groups is 1. The van der Waals surface area contributed by atoms with Gasteiger partial charge < -0.3 is 10.0 Å². The van der Waals surface area contributed by atoms with Crippen LogP contribution in [0, 0.1) is 5.92 Å². The predicted molar refractivity (Wildman–Crippen MR) is 81.9 cm³/mol. The summed E-state index contributed by atoms with van der Waals surface area (Å²) >= 11 is 1.68. The molecule has 3 nitrogen and oxygen atoms in total. The molecule has 19 heavy (non-hydrogen) atoms. The molecule has 0 bridgehead atoms. The molecule has 0 saturated carbocycles. The Balaban J connectivity index is 2.23. The van der Waals surface area contributed by atoms with Crippen molar-refractivity contribution in [2.75, 3.05) is 11.4 Å². The second kappa shape index (κ2) is 6.23. The molecule has 1 aromatic heterocycles. The minimum atomic E-state index is 0.121. The molecule has 2 heterocycles. The standard InChI is InChI=1S/C15H26N2OS/c1-5-11(3)14-13(9-18)19-15(16-14)17-7-6-10(2)8-12(17)4/h10-12,18H,5-9H2,1-4H3. The van der Waals surface area contributed by atoms with E-state index >= 15 is 0 Å². The lowest BCUT2D eigenvalue weighted by Gasteiger charge is -2.36. The lowest BCUT2D eigenvalue weighted by Crippen LogP contribution is -2.40. The van der Waals surface area contributed by atoms with Gasteiger partial charge in [0.15, 0.2) is 5.13 Å². The zero-order valence-electron chi connectivity index (χ0n) is 12.5. The number of aromatic nitrogens is 1. The summed E-state index contributed by atoms with van der Waals surface area (Å²) in [6.07, 6.45) is 3.56. The van der Waals surface area contributed by atoms with Crippen LogP contribution in [0.1, 0.15) is 63.4 Å². The van der Waals surface area contributed by atoms with Crippen LogP contribution in [0.5, 0.6) is 0 Å². The molecule has 1 aromatic rings. The van der Waals surface area contributed by atoms with Gasteiger partial charge in [0, 0.05) is 12.6 Å². The van der Waals surface area contributed by atoms with Gasteiger partial charge in [0.25, 0.3) is 0 Å². The van der Waals surface area contributed by atoms with Gasteiger partial charge in [0.2, 0.25) is 0 Å². The first kappa shape index (κ1) is 14.8. The minimum Gasteiger partial charge on any atom is -0.391 e. The van der Waals surface area contributed by atoms with E-state index in [1.165, 1.54) is 12.8 Å². The second-order valence-corrected chi connectivity index (χ2v) is 7.01. The van der Waals surface area contributed by atoms with Crippen LogP contribution in [-0.4, -0.2) is 22.7 Å². The monoisotopic (exact) mass is 282 g/mol. The van der Waals surface area contributed by atoms with Crippen molar-refractivity contribution in [3.8, 4) is 0 Å². The van der Waals surface area contributed by atoms with Crippen LogP contribution in [0.3, 0.4) is 0 Å². The van der Waals surface area contributed by atoms with Gasteiger partial charge in [0.1, 0.15) is 0 Å². The fourth-order valence-corrected chi connectivity index (χ4v) is 4.03. The first-order valence-electron chi connectivity index (χ1n) is 7.43. The van der Waals surface area contributed by atoms with E-state index in [9.17, 15) is 5.11 Å². The van der Waals surface area contributed by atoms with Crippen LogP contribution in [0.15, 0.2) is 0 Å². The van der Waals surface area contributed by atoms with E-state index in [-0.39, 0.29) is 6.61 Å². The third-order valence-corrected chi connectivity index (χ3v) is 5.42. The van der Waals surface area contributed by atoms with Gasteiger partial charge >= 0.3 is 0 Å². The summed E-state index contributed by atoms with van der Waals surface area (Å²) in [6, 6.07) is 0.561. The summed E-state index contributed by atoms with van der Waals surface area (Å²) < 4.78 is 0. The molecule has 1 N–H and O–H groups in total. The van der Waals surface area contributed by atoms with Crippen molar-refractivity contribution in [2.45, 2.75) is 65.5 Å². The molecule has 1 fully saturated rings. The molecule has 4 heteroatoms. The number of hydrogen-bond donors (Lipinski definition) is 1. The molecule has 0 radical (unpaired) electrons.